The van der Waals surface area contributed by atoms with Crippen LogP contribution in [0.3, 0.4) is 0 Å². The molecule has 2 rings (SSSR count). The van der Waals surface area contributed by atoms with Gasteiger partial charge in [-0.15, -0.1) is 0 Å². The molecule has 0 saturated carbocycles. The highest BCUT2D eigenvalue weighted by molar-refractivity contribution is 5.39. The van der Waals surface area contributed by atoms with Gasteiger partial charge < -0.3 is 10.7 Å². The van der Waals surface area contributed by atoms with Crippen LogP contribution in [0.15, 0.2) is 40.1 Å². The van der Waals surface area contributed by atoms with E-state index in [1.807, 2.05) is 0 Å². The van der Waals surface area contributed by atoms with Crippen molar-refractivity contribution in [3.05, 3.63) is 62.7 Å². The molecule has 1 aromatic heterocycles. The first-order chi connectivity index (χ1) is 8.08. The largest absolute Gasteiger partial charge is 0.399 e. The predicted octanol–water partition coefficient (Wildman–Crippen LogP) is 0.306. The Balaban J connectivity index is 2.43. The third-order valence-electron chi connectivity index (χ3n) is 2.34. The van der Waals surface area contributed by atoms with Crippen LogP contribution in [-0.2, 0) is 6.54 Å². The van der Waals surface area contributed by atoms with Crippen LogP contribution in [-0.4, -0.2) is 9.55 Å². The average Bonchev–Trinajstić information content (AvgIpc) is 2.32. The van der Waals surface area contributed by atoms with Gasteiger partial charge in [-0.2, -0.15) is 4.39 Å². The van der Waals surface area contributed by atoms with E-state index in [0.717, 1.165) is 10.8 Å². The molecule has 6 heteroatoms. The van der Waals surface area contributed by atoms with Gasteiger partial charge in [-0.05, 0) is 17.7 Å². The van der Waals surface area contributed by atoms with E-state index in [0.29, 0.717) is 11.3 Å². The summed E-state index contributed by atoms with van der Waals surface area (Å²) in [6, 6.07) is 6.64. The van der Waals surface area contributed by atoms with Gasteiger partial charge in [0.05, 0.1) is 6.54 Å². The summed E-state index contributed by atoms with van der Waals surface area (Å²) in [6.07, 6.45) is 0.754. The predicted molar refractivity (Wildman–Crippen MR) is 61.2 cm³/mol. The second-order valence-electron chi connectivity index (χ2n) is 3.57. The van der Waals surface area contributed by atoms with Crippen LogP contribution in [0.25, 0.3) is 0 Å². The summed E-state index contributed by atoms with van der Waals surface area (Å²) >= 11 is 0. The van der Waals surface area contributed by atoms with Gasteiger partial charge in [0.15, 0.2) is 0 Å². The topological polar surface area (TPSA) is 80.9 Å². The molecule has 0 aliphatic heterocycles. The first-order valence-corrected chi connectivity index (χ1v) is 4.90. The van der Waals surface area contributed by atoms with Gasteiger partial charge in [0, 0.05) is 11.9 Å². The van der Waals surface area contributed by atoms with Crippen LogP contribution in [0.5, 0.6) is 0 Å². The van der Waals surface area contributed by atoms with E-state index in [1.165, 1.54) is 0 Å². The number of hydrogen-bond acceptors (Lipinski definition) is 3. The zero-order chi connectivity index (χ0) is 12.4. The number of nitrogens with two attached hydrogens (primary N) is 1. The Morgan fingerprint density at radius 2 is 1.88 bits per heavy atom. The Kier molecular flexibility index (Phi) is 2.78. The maximum Gasteiger partial charge on any atom is 0.328 e. The van der Waals surface area contributed by atoms with Crippen molar-refractivity contribution in [3.8, 4) is 0 Å². The summed E-state index contributed by atoms with van der Waals surface area (Å²) in [7, 11) is 0. The zero-order valence-electron chi connectivity index (χ0n) is 8.81. The maximum absolute atomic E-state index is 13.0. The van der Waals surface area contributed by atoms with Crippen molar-refractivity contribution in [1.82, 2.24) is 9.55 Å². The monoisotopic (exact) mass is 235 g/mol. The van der Waals surface area contributed by atoms with Gasteiger partial charge in [-0.25, -0.2) is 4.79 Å². The minimum atomic E-state index is -0.986. The van der Waals surface area contributed by atoms with Crippen molar-refractivity contribution < 1.29 is 4.39 Å². The number of rotatable bonds is 2. The molecular formula is C11H10FN3O2. The van der Waals surface area contributed by atoms with E-state index >= 15 is 0 Å². The fourth-order valence-corrected chi connectivity index (χ4v) is 1.44. The van der Waals surface area contributed by atoms with Crippen LogP contribution in [0.2, 0.25) is 0 Å². The number of aromatic nitrogens is 2. The minimum Gasteiger partial charge on any atom is -0.399 e. The molecule has 5 nitrogen and oxygen atoms in total. The molecule has 0 unspecified atom stereocenters. The van der Waals surface area contributed by atoms with Crippen LogP contribution < -0.4 is 17.0 Å². The van der Waals surface area contributed by atoms with E-state index < -0.39 is 17.1 Å². The van der Waals surface area contributed by atoms with Gasteiger partial charge in [0.2, 0.25) is 5.82 Å². The second kappa shape index (κ2) is 4.25. The normalized spacial score (nSPS) is 10.4. The Labute approximate surface area is 95.3 Å². The molecule has 1 aromatic carbocycles. The second-order valence-corrected chi connectivity index (χ2v) is 3.57. The highest BCUT2D eigenvalue weighted by Crippen LogP contribution is 2.05. The number of halogens is 1. The molecule has 0 bridgehead atoms. The highest BCUT2D eigenvalue weighted by Gasteiger charge is 2.06. The van der Waals surface area contributed by atoms with Crippen molar-refractivity contribution >= 4 is 5.69 Å². The Morgan fingerprint density at radius 1 is 1.24 bits per heavy atom. The molecule has 0 amide bonds. The van der Waals surface area contributed by atoms with Gasteiger partial charge in [0.1, 0.15) is 0 Å². The molecular weight excluding hydrogens is 225 g/mol. The van der Waals surface area contributed by atoms with Gasteiger partial charge >= 0.3 is 5.69 Å². The summed E-state index contributed by atoms with van der Waals surface area (Å²) in [5.41, 5.74) is 5.19. The van der Waals surface area contributed by atoms with E-state index in [9.17, 15) is 14.0 Å². The Morgan fingerprint density at radius 3 is 2.53 bits per heavy atom. The number of hydrogen-bond donors (Lipinski definition) is 2. The lowest BCUT2D eigenvalue weighted by Crippen LogP contribution is -2.36. The average molecular weight is 235 g/mol. The maximum atomic E-state index is 13.0. The molecule has 0 spiro atoms. The van der Waals surface area contributed by atoms with E-state index in [-0.39, 0.29) is 6.54 Å². The van der Waals surface area contributed by atoms with Gasteiger partial charge in [-0.3, -0.25) is 9.36 Å². The number of nitrogens with zero attached hydrogens (tertiary/aromatic N) is 1. The summed E-state index contributed by atoms with van der Waals surface area (Å²) < 4.78 is 13.8. The summed E-state index contributed by atoms with van der Waals surface area (Å²) in [4.78, 5) is 24.9. The SMILES string of the molecule is Nc1ccc(Cn2c(=O)[nH]cc(F)c2=O)cc1. The molecule has 0 saturated heterocycles. The lowest BCUT2D eigenvalue weighted by atomic mass is 10.2. The molecule has 3 N–H and O–H groups in total. The molecule has 0 fully saturated rings. The summed E-state index contributed by atoms with van der Waals surface area (Å²) in [6.45, 7) is 0.00616. The van der Waals surface area contributed by atoms with Crippen molar-refractivity contribution in [2.75, 3.05) is 5.73 Å². The van der Waals surface area contributed by atoms with Gasteiger partial charge in [0.25, 0.3) is 5.56 Å². The molecule has 0 atom stereocenters. The highest BCUT2D eigenvalue weighted by atomic mass is 19.1. The first-order valence-electron chi connectivity index (χ1n) is 4.90. The molecule has 1 heterocycles. The van der Waals surface area contributed by atoms with Crippen LogP contribution >= 0.6 is 0 Å². The molecule has 0 aliphatic carbocycles. The molecule has 88 valence electrons. The fourth-order valence-electron chi connectivity index (χ4n) is 1.44. The molecule has 0 aliphatic rings. The van der Waals surface area contributed by atoms with Crippen molar-refractivity contribution in [2.45, 2.75) is 6.54 Å². The number of nitrogens with one attached hydrogen (secondary N) is 1. The number of H-pyrrole nitrogens is 1. The number of anilines is 1. The Hall–Kier alpha value is -2.37. The standard InChI is InChI=1S/C11H10FN3O2/c12-9-5-14-11(17)15(10(9)16)6-7-1-3-8(13)4-2-7/h1-5H,6,13H2,(H,14,17). The fraction of sp³-hybridized carbons (Fsp3) is 0.0909. The zero-order valence-corrected chi connectivity index (χ0v) is 8.81. The van der Waals surface area contributed by atoms with Crippen molar-refractivity contribution in [2.24, 2.45) is 0 Å². The lowest BCUT2D eigenvalue weighted by Gasteiger charge is -2.04. The van der Waals surface area contributed by atoms with Crippen molar-refractivity contribution in [1.29, 1.82) is 0 Å². The lowest BCUT2D eigenvalue weighted by molar-refractivity contribution is 0.557. The van der Waals surface area contributed by atoms with E-state index in [2.05, 4.69) is 4.98 Å². The van der Waals surface area contributed by atoms with Gasteiger partial charge in [-0.1, -0.05) is 12.1 Å². The minimum absolute atomic E-state index is 0.00616. The number of benzene rings is 1. The van der Waals surface area contributed by atoms with Crippen molar-refractivity contribution in [3.63, 3.8) is 0 Å². The smallest absolute Gasteiger partial charge is 0.328 e. The third kappa shape index (κ3) is 2.25. The third-order valence-corrected chi connectivity index (χ3v) is 2.34. The Bertz CT molecular complexity index is 643. The number of aromatic amines is 1. The number of nitrogen functional groups attached to an aromatic ring is 1. The molecule has 17 heavy (non-hydrogen) atoms. The quantitative estimate of drug-likeness (QED) is 0.735. The first kappa shape index (κ1) is 11.1. The van der Waals surface area contributed by atoms with Crippen LogP contribution in [0.4, 0.5) is 10.1 Å². The van der Waals surface area contributed by atoms with Crippen LogP contribution in [0.1, 0.15) is 5.56 Å². The summed E-state index contributed by atoms with van der Waals surface area (Å²) in [5.74, 6) is -0.986. The van der Waals surface area contributed by atoms with E-state index in [4.69, 9.17) is 5.73 Å². The molecule has 2 aromatic rings. The molecule has 0 radical (unpaired) electrons. The van der Waals surface area contributed by atoms with E-state index in [1.54, 1.807) is 24.3 Å². The summed E-state index contributed by atoms with van der Waals surface area (Å²) in [5, 5.41) is 0. The van der Waals surface area contributed by atoms with Crippen LogP contribution in [0, 0.1) is 5.82 Å².